The van der Waals surface area contributed by atoms with Crippen LogP contribution in [-0.4, -0.2) is 12.1 Å². The van der Waals surface area contributed by atoms with Crippen LogP contribution in [0.4, 0.5) is 0 Å². The first-order valence-corrected chi connectivity index (χ1v) is 6.19. The van der Waals surface area contributed by atoms with Crippen molar-refractivity contribution in [1.29, 1.82) is 5.26 Å². The van der Waals surface area contributed by atoms with E-state index in [-0.39, 0.29) is 18.0 Å². The second-order valence-electron chi connectivity index (χ2n) is 4.24. The van der Waals surface area contributed by atoms with E-state index in [0.717, 1.165) is 32.1 Å². The van der Waals surface area contributed by atoms with E-state index in [0.29, 0.717) is 0 Å². The molecule has 0 aromatic heterocycles. The summed E-state index contributed by atoms with van der Waals surface area (Å²) < 4.78 is 5.30. The molecule has 1 saturated carbocycles. The van der Waals surface area contributed by atoms with Crippen molar-refractivity contribution in [3.63, 3.8) is 0 Å². The SMILES string of the molecule is CCC=CC=CC(=O)OC1CCC(C#N)CC1. The maximum Gasteiger partial charge on any atom is 0.331 e. The van der Waals surface area contributed by atoms with Crippen LogP contribution in [0.1, 0.15) is 39.0 Å². The molecule has 0 heterocycles. The summed E-state index contributed by atoms with van der Waals surface area (Å²) in [7, 11) is 0. The molecule has 0 amide bonds. The molecule has 1 aliphatic rings. The van der Waals surface area contributed by atoms with Gasteiger partial charge in [0.25, 0.3) is 0 Å². The van der Waals surface area contributed by atoms with Gasteiger partial charge >= 0.3 is 5.97 Å². The van der Waals surface area contributed by atoms with Crippen LogP contribution in [0.2, 0.25) is 0 Å². The number of nitrogens with zero attached hydrogens (tertiary/aromatic N) is 1. The fourth-order valence-corrected chi connectivity index (χ4v) is 1.86. The van der Waals surface area contributed by atoms with E-state index in [4.69, 9.17) is 10.00 Å². The summed E-state index contributed by atoms with van der Waals surface area (Å²) in [6, 6.07) is 2.26. The maximum absolute atomic E-state index is 11.4. The summed E-state index contributed by atoms with van der Waals surface area (Å²) in [6.45, 7) is 2.04. The van der Waals surface area contributed by atoms with Crippen molar-refractivity contribution in [3.05, 3.63) is 24.3 Å². The van der Waals surface area contributed by atoms with Gasteiger partial charge in [0.2, 0.25) is 0 Å². The second kappa shape index (κ2) is 7.67. The Morgan fingerprint density at radius 1 is 1.35 bits per heavy atom. The van der Waals surface area contributed by atoms with Crippen LogP contribution in [0.3, 0.4) is 0 Å². The summed E-state index contributed by atoms with van der Waals surface area (Å²) >= 11 is 0. The van der Waals surface area contributed by atoms with Crippen molar-refractivity contribution in [2.24, 2.45) is 5.92 Å². The molecule has 0 unspecified atom stereocenters. The van der Waals surface area contributed by atoms with E-state index in [2.05, 4.69) is 6.07 Å². The number of hydrogen-bond acceptors (Lipinski definition) is 3. The topological polar surface area (TPSA) is 50.1 Å². The Morgan fingerprint density at radius 2 is 2.06 bits per heavy atom. The highest BCUT2D eigenvalue weighted by Gasteiger charge is 2.22. The molecule has 3 nitrogen and oxygen atoms in total. The van der Waals surface area contributed by atoms with Gasteiger partial charge in [0.1, 0.15) is 6.10 Å². The monoisotopic (exact) mass is 233 g/mol. The second-order valence-corrected chi connectivity index (χ2v) is 4.24. The van der Waals surface area contributed by atoms with Gasteiger partial charge in [0.15, 0.2) is 0 Å². The summed E-state index contributed by atoms with van der Waals surface area (Å²) in [4.78, 5) is 11.4. The predicted molar refractivity (Wildman–Crippen MR) is 66.0 cm³/mol. The van der Waals surface area contributed by atoms with E-state index in [1.54, 1.807) is 6.08 Å². The molecule has 0 aromatic carbocycles. The zero-order valence-corrected chi connectivity index (χ0v) is 10.3. The maximum atomic E-state index is 11.4. The van der Waals surface area contributed by atoms with Crippen molar-refractivity contribution in [1.82, 2.24) is 0 Å². The van der Waals surface area contributed by atoms with E-state index < -0.39 is 0 Å². The zero-order valence-electron chi connectivity index (χ0n) is 10.3. The molecule has 0 N–H and O–H groups in total. The Hall–Kier alpha value is -1.56. The Bertz CT molecular complexity index is 331. The van der Waals surface area contributed by atoms with Crippen molar-refractivity contribution in [2.75, 3.05) is 0 Å². The average molecular weight is 233 g/mol. The number of hydrogen-bond donors (Lipinski definition) is 0. The van der Waals surface area contributed by atoms with Crippen LogP contribution in [0, 0.1) is 17.2 Å². The minimum absolute atomic E-state index is 0.00750. The van der Waals surface area contributed by atoms with Gasteiger partial charge in [-0.05, 0) is 32.1 Å². The highest BCUT2D eigenvalue weighted by atomic mass is 16.5. The van der Waals surface area contributed by atoms with Gasteiger partial charge in [-0.15, -0.1) is 0 Å². The van der Waals surface area contributed by atoms with Crippen LogP contribution in [0.25, 0.3) is 0 Å². The first-order chi connectivity index (χ1) is 8.26. The molecule has 1 rings (SSSR count). The highest BCUT2D eigenvalue weighted by molar-refractivity contribution is 5.82. The molecule has 0 spiro atoms. The fourth-order valence-electron chi connectivity index (χ4n) is 1.86. The van der Waals surface area contributed by atoms with Crippen molar-refractivity contribution in [3.8, 4) is 6.07 Å². The molecule has 3 heteroatoms. The number of allylic oxidation sites excluding steroid dienone is 3. The molecule has 1 fully saturated rings. The molecule has 1 aliphatic carbocycles. The summed E-state index contributed by atoms with van der Waals surface area (Å²) in [5.41, 5.74) is 0. The number of carbonyl (C=O) groups excluding carboxylic acids is 1. The smallest absolute Gasteiger partial charge is 0.331 e. The Kier molecular flexibility index (Phi) is 6.09. The van der Waals surface area contributed by atoms with Crippen LogP contribution in [0.5, 0.6) is 0 Å². The Balaban J connectivity index is 2.26. The lowest BCUT2D eigenvalue weighted by atomic mass is 9.88. The van der Waals surface area contributed by atoms with E-state index >= 15 is 0 Å². The predicted octanol–water partition coefficient (Wildman–Crippen LogP) is 3.13. The first-order valence-electron chi connectivity index (χ1n) is 6.19. The van der Waals surface area contributed by atoms with Crippen LogP contribution in [0.15, 0.2) is 24.3 Å². The van der Waals surface area contributed by atoms with Gasteiger partial charge < -0.3 is 4.74 Å². The zero-order chi connectivity index (χ0) is 12.5. The molecule has 0 atom stereocenters. The minimum atomic E-state index is -0.286. The summed E-state index contributed by atoms with van der Waals surface area (Å²) in [5.74, 6) is -0.140. The summed E-state index contributed by atoms with van der Waals surface area (Å²) in [5, 5.41) is 8.75. The Morgan fingerprint density at radius 3 is 2.65 bits per heavy atom. The molecular formula is C14H19NO2. The van der Waals surface area contributed by atoms with Gasteiger partial charge in [-0.25, -0.2) is 4.79 Å². The van der Waals surface area contributed by atoms with Crippen LogP contribution >= 0.6 is 0 Å². The van der Waals surface area contributed by atoms with Crippen LogP contribution < -0.4 is 0 Å². The third kappa shape index (κ3) is 5.35. The van der Waals surface area contributed by atoms with Gasteiger partial charge in [-0.2, -0.15) is 5.26 Å². The highest BCUT2D eigenvalue weighted by Crippen LogP contribution is 2.25. The molecular weight excluding hydrogens is 214 g/mol. The largest absolute Gasteiger partial charge is 0.459 e. The Labute approximate surface area is 103 Å². The lowest BCUT2D eigenvalue weighted by Gasteiger charge is -2.24. The quantitative estimate of drug-likeness (QED) is 0.426. The fraction of sp³-hybridized carbons (Fsp3) is 0.571. The van der Waals surface area contributed by atoms with Gasteiger partial charge in [0, 0.05) is 12.0 Å². The van der Waals surface area contributed by atoms with Gasteiger partial charge in [-0.1, -0.05) is 25.2 Å². The third-order valence-corrected chi connectivity index (χ3v) is 2.85. The molecule has 0 aromatic rings. The van der Waals surface area contributed by atoms with Crippen molar-refractivity contribution < 1.29 is 9.53 Å². The average Bonchev–Trinajstić information content (AvgIpc) is 2.36. The van der Waals surface area contributed by atoms with E-state index in [1.807, 2.05) is 19.1 Å². The van der Waals surface area contributed by atoms with Gasteiger partial charge in [0.05, 0.1) is 6.07 Å². The summed E-state index contributed by atoms with van der Waals surface area (Å²) in [6.07, 6.45) is 11.2. The van der Waals surface area contributed by atoms with Crippen LogP contribution in [-0.2, 0) is 9.53 Å². The molecule has 0 bridgehead atoms. The molecule has 0 saturated heterocycles. The molecule has 92 valence electrons. The lowest BCUT2D eigenvalue weighted by molar-refractivity contribution is -0.144. The number of carbonyl (C=O) groups is 1. The first kappa shape index (κ1) is 13.5. The number of ether oxygens (including phenoxy) is 1. The molecule has 0 aliphatic heterocycles. The molecule has 0 radical (unpaired) electrons. The lowest BCUT2D eigenvalue weighted by Crippen LogP contribution is -2.23. The van der Waals surface area contributed by atoms with E-state index in [1.165, 1.54) is 6.08 Å². The van der Waals surface area contributed by atoms with Crippen molar-refractivity contribution in [2.45, 2.75) is 45.1 Å². The van der Waals surface area contributed by atoms with E-state index in [9.17, 15) is 4.79 Å². The van der Waals surface area contributed by atoms with Crippen molar-refractivity contribution >= 4 is 5.97 Å². The minimum Gasteiger partial charge on any atom is -0.459 e. The number of nitriles is 1. The number of rotatable bonds is 4. The number of esters is 1. The molecule has 17 heavy (non-hydrogen) atoms. The normalized spacial score (nSPS) is 24.9. The third-order valence-electron chi connectivity index (χ3n) is 2.85. The van der Waals surface area contributed by atoms with Gasteiger partial charge in [-0.3, -0.25) is 0 Å². The standard InChI is InChI=1S/C14H19NO2/c1-2-3-4-5-6-14(16)17-13-9-7-12(11-15)8-10-13/h3-6,12-13H,2,7-10H2,1H3.